The summed E-state index contributed by atoms with van der Waals surface area (Å²) in [5, 5.41) is 15.2. The van der Waals surface area contributed by atoms with Gasteiger partial charge in [-0.2, -0.15) is 5.10 Å². The van der Waals surface area contributed by atoms with Gasteiger partial charge in [-0.05, 0) is 29.8 Å². The minimum Gasteiger partial charge on any atom is -0.373 e. The van der Waals surface area contributed by atoms with Gasteiger partial charge in [0.25, 0.3) is 5.91 Å². The second-order valence-corrected chi connectivity index (χ2v) is 6.48. The molecule has 2 aromatic carbocycles. The molecule has 0 radical (unpaired) electrons. The van der Waals surface area contributed by atoms with E-state index in [4.69, 9.17) is 0 Å². The summed E-state index contributed by atoms with van der Waals surface area (Å²) in [4.78, 5) is 16.5. The Morgan fingerprint density at radius 2 is 1.86 bits per heavy atom. The molecule has 9 heteroatoms. The summed E-state index contributed by atoms with van der Waals surface area (Å²) in [5.74, 6) is -1.04. The van der Waals surface area contributed by atoms with Crippen molar-refractivity contribution in [3.63, 3.8) is 0 Å². The molecule has 0 spiro atoms. The van der Waals surface area contributed by atoms with Crippen molar-refractivity contribution in [3.8, 4) is 0 Å². The van der Waals surface area contributed by atoms with Gasteiger partial charge in [-0.1, -0.05) is 12.1 Å². The highest BCUT2D eigenvalue weighted by atomic mass is 19.1. The van der Waals surface area contributed by atoms with Gasteiger partial charge in [0.15, 0.2) is 5.82 Å². The maximum atomic E-state index is 14.1. The number of hydrogen-bond acceptors (Lipinski definition) is 5. The Morgan fingerprint density at radius 3 is 2.57 bits per heavy atom. The molecule has 2 aliphatic rings. The molecule has 0 unspecified atom stereocenters. The average Bonchev–Trinajstić information content (AvgIpc) is 3.10. The number of halogens is 2. The zero-order valence-corrected chi connectivity index (χ0v) is 14.5. The number of benzene rings is 2. The molecule has 0 fully saturated rings. The van der Waals surface area contributed by atoms with Crippen molar-refractivity contribution in [2.24, 2.45) is 17.3 Å². The van der Waals surface area contributed by atoms with Crippen molar-refractivity contribution in [3.05, 3.63) is 76.9 Å². The number of rotatable bonds is 2. The molecule has 1 atom stereocenters. The Kier molecular flexibility index (Phi) is 3.45. The van der Waals surface area contributed by atoms with Crippen LogP contribution < -0.4 is 5.32 Å². The van der Waals surface area contributed by atoms with E-state index >= 15 is 0 Å². The molecule has 1 N–H and O–H groups in total. The largest absolute Gasteiger partial charge is 0.373 e. The molecule has 5 rings (SSSR count). The first-order valence-corrected chi connectivity index (χ1v) is 8.43. The van der Waals surface area contributed by atoms with E-state index in [0.29, 0.717) is 28.3 Å². The number of aromatic nitrogens is 3. The van der Waals surface area contributed by atoms with E-state index in [-0.39, 0.29) is 11.4 Å². The Bertz CT molecular complexity index is 1200. The van der Waals surface area contributed by atoms with Crippen LogP contribution in [-0.2, 0) is 7.05 Å². The van der Waals surface area contributed by atoms with Crippen molar-refractivity contribution in [1.29, 1.82) is 0 Å². The predicted octanol–water partition coefficient (Wildman–Crippen LogP) is 3.73. The fraction of sp³-hybridized carbons (Fsp3) is 0.105. The van der Waals surface area contributed by atoms with E-state index in [1.165, 1.54) is 24.5 Å². The smallest absolute Gasteiger partial charge is 0.296 e. The number of anilines is 1. The number of carbonyl (C=O) groups is 1. The van der Waals surface area contributed by atoms with Gasteiger partial charge in [-0.3, -0.25) is 4.79 Å². The molecule has 28 heavy (non-hydrogen) atoms. The Hall–Kier alpha value is -3.75. The minimum absolute atomic E-state index is 0.129. The van der Waals surface area contributed by atoms with Crippen LogP contribution >= 0.6 is 0 Å². The molecule has 1 amide bonds. The summed E-state index contributed by atoms with van der Waals surface area (Å²) in [6.07, 6.45) is 1.40. The van der Waals surface area contributed by atoms with Gasteiger partial charge in [0.1, 0.15) is 23.7 Å². The highest BCUT2D eigenvalue weighted by molar-refractivity contribution is 6.10. The standard InChI is InChI=1S/C19H12F2N6O/c1-27-18(22-8-23-27)15-16(9-2-4-10(20)5-3-9)24-13-7-11(21)6-12-14(13)17(15)25-26-19(12)28/h2-8,16,24H,1H3/t16-/m1/s1. The topological polar surface area (TPSA) is 84.5 Å². The molecule has 138 valence electrons. The Balaban J connectivity index is 1.84. The summed E-state index contributed by atoms with van der Waals surface area (Å²) < 4.78 is 29.1. The minimum atomic E-state index is -0.612. The number of aryl methyl sites for hydroxylation is 1. The number of azo groups is 1. The lowest BCUT2D eigenvalue weighted by molar-refractivity contribution is 0.0992. The fourth-order valence-electron chi connectivity index (χ4n) is 3.58. The maximum Gasteiger partial charge on any atom is 0.296 e. The van der Waals surface area contributed by atoms with E-state index < -0.39 is 17.8 Å². The van der Waals surface area contributed by atoms with Crippen molar-refractivity contribution >= 4 is 22.9 Å². The lowest BCUT2D eigenvalue weighted by Gasteiger charge is -2.32. The van der Waals surface area contributed by atoms with Gasteiger partial charge in [0, 0.05) is 18.3 Å². The number of nitrogens with one attached hydrogen (secondary N) is 1. The van der Waals surface area contributed by atoms with Crippen molar-refractivity contribution < 1.29 is 13.6 Å². The van der Waals surface area contributed by atoms with Crippen LogP contribution in [0.15, 0.2) is 53.0 Å². The fourth-order valence-corrected chi connectivity index (χ4v) is 3.58. The number of hydrogen-bond donors (Lipinski definition) is 1. The third-order valence-corrected chi connectivity index (χ3v) is 4.81. The maximum absolute atomic E-state index is 14.1. The Morgan fingerprint density at radius 1 is 1.07 bits per heavy atom. The number of carbonyl (C=O) groups excluding carboxylic acids is 1. The van der Waals surface area contributed by atoms with E-state index in [0.717, 1.165) is 11.6 Å². The van der Waals surface area contributed by atoms with Crippen molar-refractivity contribution in [1.82, 2.24) is 14.8 Å². The molecule has 2 aliphatic heterocycles. The first kappa shape index (κ1) is 16.4. The normalized spacial score (nSPS) is 17.5. The predicted molar refractivity (Wildman–Crippen MR) is 96.2 cm³/mol. The molecule has 7 nitrogen and oxygen atoms in total. The van der Waals surface area contributed by atoms with Gasteiger partial charge in [-0.25, -0.2) is 18.4 Å². The van der Waals surface area contributed by atoms with Crippen LogP contribution in [0.5, 0.6) is 0 Å². The first-order chi connectivity index (χ1) is 13.5. The molecule has 0 saturated carbocycles. The molecular weight excluding hydrogens is 366 g/mol. The van der Waals surface area contributed by atoms with E-state index in [1.54, 1.807) is 23.9 Å². The molecule has 3 aromatic rings. The zero-order valence-electron chi connectivity index (χ0n) is 14.5. The second kappa shape index (κ2) is 5.88. The Labute approximate surface area is 157 Å². The van der Waals surface area contributed by atoms with Crippen LogP contribution in [0.2, 0.25) is 0 Å². The highest BCUT2D eigenvalue weighted by Crippen LogP contribution is 2.48. The van der Waals surface area contributed by atoms with Gasteiger partial charge in [0.05, 0.1) is 17.2 Å². The third kappa shape index (κ3) is 2.36. The second-order valence-electron chi connectivity index (χ2n) is 6.48. The summed E-state index contributed by atoms with van der Waals surface area (Å²) in [5.41, 5.74) is 2.76. The molecular formula is C19H12F2N6O. The van der Waals surface area contributed by atoms with Gasteiger partial charge in [0.2, 0.25) is 0 Å². The van der Waals surface area contributed by atoms with Gasteiger partial charge in [-0.15, -0.1) is 10.2 Å². The number of nitrogens with zero attached hydrogens (tertiary/aromatic N) is 5. The monoisotopic (exact) mass is 378 g/mol. The van der Waals surface area contributed by atoms with Crippen LogP contribution in [0.3, 0.4) is 0 Å². The SMILES string of the molecule is Cn1ncnc1C1=C2N=NC(=O)c3cc(F)cc(c32)N[C@@H]1c1ccc(F)cc1. The van der Waals surface area contributed by atoms with Crippen LogP contribution in [-0.4, -0.2) is 20.7 Å². The highest BCUT2D eigenvalue weighted by Gasteiger charge is 2.36. The van der Waals surface area contributed by atoms with E-state index in [1.807, 2.05) is 0 Å². The zero-order chi connectivity index (χ0) is 19.4. The van der Waals surface area contributed by atoms with E-state index in [2.05, 4.69) is 25.6 Å². The summed E-state index contributed by atoms with van der Waals surface area (Å²) >= 11 is 0. The molecule has 0 saturated heterocycles. The summed E-state index contributed by atoms with van der Waals surface area (Å²) in [6.45, 7) is 0. The molecule has 3 heterocycles. The van der Waals surface area contributed by atoms with Crippen LogP contribution in [0.25, 0.3) is 11.3 Å². The lowest BCUT2D eigenvalue weighted by atomic mass is 9.86. The third-order valence-electron chi connectivity index (χ3n) is 4.81. The molecule has 0 bridgehead atoms. The lowest BCUT2D eigenvalue weighted by Crippen LogP contribution is -2.24. The van der Waals surface area contributed by atoms with Gasteiger partial charge >= 0.3 is 0 Å². The van der Waals surface area contributed by atoms with Crippen LogP contribution in [0, 0.1) is 11.6 Å². The van der Waals surface area contributed by atoms with Crippen LogP contribution in [0.1, 0.15) is 33.4 Å². The quantitative estimate of drug-likeness (QED) is 0.736. The summed E-state index contributed by atoms with van der Waals surface area (Å²) in [6, 6.07) is 7.86. The number of amides is 1. The van der Waals surface area contributed by atoms with Gasteiger partial charge < -0.3 is 5.32 Å². The summed E-state index contributed by atoms with van der Waals surface area (Å²) in [7, 11) is 1.73. The average molecular weight is 378 g/mol. The molecule has 1 aromatic heterocycles. The molecule has 0 aliphatic carbocycles. The van der Waals surface area contributed by atoms with E-state index in [9.17, 15) is 13.6 Å². The van der Waals surface area contributed by atoms with Crippen molar-refractivity contribution in [2.45, 2.75) is 6.04 Å². The van der Waals surface area contributed by atoms with Crippen LogP contribution in [0.4, 0.5) is 14.5 Å². The first-order valence-electron chi connectivity index (χ1n) is 8.43. The van der Waals surface area contributed by atoms with Crippen molar-refractivity contribution in [2.75, 3.05) is 5.32 Å².